The van der Waals surface area contributed by atoms with Crippen molar-refractivity contribution in [2.24, 2.45) is 4.99 Å². The van der Waals surface area contributed by atoms with Crippen molar-refractivity contribution >= 4 is 51.5 Å². The summed E-state index contributed by atoms with van der Waals surface area (Å²) in [5.74, 6) is 0.833. The summed E-state index contributed by atoms with van der Waals surface area (Å²) in [5, 5.41) is 7.30. The molecular weight excluding hydrogens is 409 g/mol. The van der Waals surface area contributed by atoms with Crippen molar-refractivity contribution in [1.29, 1.82) is 0 Å². The Labute approximate surface area is 144 Å². The molecule has 0 aromatic heterocycles. The molecule has 120 valence electrons. The summed E-state index contributed by atoms with van der Waals surface area (Å²) in [4.78, 5) is 4.32. The average Bonchev–Trinajstić information content (AvgIpc) is 2.75. The van der Waals surface area contributed by atoms with Crippen molar-refractivity contribution in [2.45, 2.75) is 37.5 Å². The second-order valence-electron chi connectivity index (χ2n) is 4.90. The lowest BCUT2D eigenvalue weighted by Gasteiger charge is -2.17. The molecule has 1 fully saturated rings. The van der Waals surface area contributed by atoms with Crippen molar-refractivity contribution in [2.75, 3.05) is 31.4 Å². The zero-order valence-electron chi connectivity index (χ0n) is 12.4. The van der Waals surface area contributed by atoms with Crippen LogP contribution in [0, 0.1) is 0 Å². The third-order valence-electron chi connectivity index (χ3n) is 3.13. The van der Waals surface area contributed by atoms with Crippen LogP contribution in [0.3, 0.4) is 0 Å². The highest BCUT2D eigenvalue weighted by Gasteiger charge is 2.24. The predicted molar refractivity (Wildman–Crippen MR) is 99.2 cm³/mol. The Bertz CT molecular complexity index is 402. The van der Waals surface area contributed by atoms with Crippen LogP contribution in [0.15, 0.2) is 4.99 Å². The molecule has 0 aromatic carbocycles. The van der Waals surface area contributed by atoms with Gasteiger partial charge >= 0.3 is 0 Å². The topological polar surface area (TPSA) is 70.6 Å². The highest BCUT2D eigenvalue weighted by Crippen LogP contribution is 2.27. The van der Waals surface area contributed by atoms with Crippen LogP contribution in [-0.4, -0.2) is 57.0 Å². The molecule has 0 aromatic rings. The molecule has 1 aliphatic rings. The molecule has 2 N–H and O–H groups in total. The largest absolute Gasteiger partial charge is 0.357 e. The van der Waals surface area contributed by atoms with Crippen molar-refractivity contribution in [3.8, 4) is 0 Å². The average molecular weight is 435 g/mol. The molecule has 0 radical (unpaired) electrons. The van der Waals surface area contributed by atoms with Crippen LogP contribution in [0.5, 0.6) is 0 Å². The first-order valence-electron chi connectivity index (χ1n) is 6.70. The van der Waals surface area contributed by atoms with Crippen LogP contribution in [0.1, 0.15) is 26.2 Å². The summed E-state index contributed by atoms with van der Waals surface area (Å²) in [6, 6.07) is 0.452. The quantitative estimate of drug-likeness (QED) is 0.376. The number of nitrogens with one attached hydrogen (secondary N) is 2. The van der Waals surface area contributed by atoms with Gasteiger partial charge in [0.05, 0.1) is 12.3 Å². The Morgan fingerprint density at radius 2 is 2.10 bits per heavy atom. The summed E-state index contributed by atoms with van der Waals surface area (Å²) in [5.41, 5.74) is 0. The van der Waals surface area contributed by atoms with Crippen LogP contribution >= 0.6 is 35.7 Å². The molecule has 8 heteroatoms. The normalized spacial score (nSPS) is 23.2. The molecule has 1 aliphatic carbocycles. The van der Waals surface area contributed by atoms with Crippen LogP contribution in [0.4, 0.5) is 0 Å². The molecule has 0 heterocycles. The van der Waals surface area contributed by atoms with Crippen molar-refractivity contribution in [3.63, 3.8) is 0 Å². The minimum Gasteiger partial charge on any atom is -0.357 e. The Morgan fingerprint density at radius 1 is 1.40 bits per heavy atom. The second-order valence-corrected chi connectivity index (χ2v) is 8.30. The minimum atomic E-state index is -2.94. The van der Waals surface area contributed by atoms with Gasteiger partial charge in [0.1, 0.15) is 9.84 Å². The number of nitrogens with zero attached hydrogens (tertiary/aromatic N) is 1. The van der Waals surface area contributed by atoms with E-state index in [2.05, 4.69) is 21.9 Å². The predicted octanol–water partition coefficient (Wildman–Crippen LogP) is 1.49. The fourth-order valence-corrected chi connectivity index (χ4v) is 3.34. The van der Waals surface area contributed by atoms with E-state index in [0.717, 1.165) is 30.6 Å². The lowest BCUT2D eigenvalue weighted by atomic mass is 10.2. The molecule has 2 atom stereocenters. The van der Waals surface area contributed by atoms with Crippen molar-refractivity contribution in [3.05, 3.63) is 0 Å². The lowest BCUT2D eigenvalue weighted by molar-refractivity contribution is 0.600. The SMILES string of the molecule is CCNC(=NCCS(C)(=O)=O)NC1CCC(SC)C1.I. The first-order chi connectivity index (χ1) is 8.94. The molecule has 0 amide bonds. The van der Waals surface area contributed by atoms with Gasteiger partial charge in [-0.1, -0.05) is 0 Å². The summed E-state index contributed by atoms with van der Waals surface area (Å²) in [7, 11) is -2.94. The smallest absolute Gasteiger partial charge is 0.191 e. The first kappa shape index (κ1) is 20.3. The molecule has 2 unspecified atom stereocenters. The van der Waals surface area contributed by atoms with Crippen molar-refractivity contribution < 1.29 is 8.42 Å². The number of sulfone groups is 1. The summed E-state index contributed by atoms with van der Waals surface area (Å²) < 4.78 is 22.2. The number of hydrogen-bond acceptors (Lipinski definition) is 4. The van der Waals surface area contributed by atoms with Gasteiger partial charge < -0.3 is 10.6 Å². The third kappa shape index (κ3) is 8.56. The molecule has 1 saturated carbocycles. The Morgan fingerprint density at radius 3 is 2.60 bits per heavy atom. The maximum Gasteiger partial charge on any atom is 0.191 e. The number of halogens is 1. The fraction of sp³-hybridized carbons (Fsp3) is 0.917. The number of aliphatic imine (C=N–C) groups is 1. The van der Waals surface area contributed by atoms with Gasteiger partial charge in [0, 0.05) is 24.1 Å². The summed E-state index contributed by atoms with van der Waals surface area (Å²) >= 11 is 1.92. The summed E-state index contributed by atoms with van der Waals surface area (Å²) in [6.45, 7) is 3.10. The van der Waals surface area contributed by atoms with Gasteiger partial charge in [-0.2, -0.15) is 11.8 Å². The van der Waals surface area contributed by atoms with E-state index < -0.39 is 9.84 Å². The van der Waals surface area contributed by atoms with Crippen LogP contribution in [0.25, 0.3) is 0 Å². The lowest BCUT2D eigenvalue weighted by Crippen LogP contribution is -2.42. The van der Waals surface area contributed by atoms with Gasteiger partial charge in [-0.3, -0.25) is 4.99 Å². The third-order valence-corrected chi connectivity index (χ3v) is 5.15. The molecule has 0 spiro atoms. The van der Waals surface area contributed by atoms with Gasteiger partial charge in [0.2, 0.25) is 0 Å². The minimum absolute atomic E-state index is 0. The fourth-order valence-electron chi connectivity index (χ4n) is 2.12. The van der Waals surface area contributed by atoms with E-state index >= 15 is 0 Å². The van der Waals surface area contributed by atoms with Crippen molar-refractivity contribution in [1.82, 2.24) is 10.6 Å². The zero-order valence-corrected chi connectivity index (χ0v) is 16.3. The van der Waals surface area contributed by atoms with Gasteiger partial charge in [0.15, 0.2) is 5.96 Å². The number of hydrogen-bond donors (Lipinski definition) is 2. The van der Waals surface area contributed by atoms with E-state index in [1.54, 1.807) is 0 Å². The molecule has 20 heavy (non-hydrogen) atoms. The van der Waals surface area contributed by atoms with Crippen LogP contribution in [-0.2, 0) is 9.84 Å². The van der Waals surface area contributed by atoms with E-state index in [-0.39, 0.29) is 29.7 Å². The number of thioether (sulfide) groups is 1. The number of rotatable bonds is 6. The van der Waals surface area contributed by atoms with Gasteiger partial charge in [-0.25, -0.2) is 8.42 Å². The maximum absolute atomic E-state index is 11.1. The van der Waals surface area contributed by atoms with E-state index in [1.807, 2.05) is 18.7 Å². The van der Waals surface area contributed by atoms with Gasteiger partial charge in [-0.05, 0) is 32.4 Å². The van der Waals surface area contributed by atoms with Gasteiger partial charge in [0.25, 0.3) is 0 Å². The molecule has 0 bridgehead atoms. The highest BCUT2D eigenvalue weighted by molar-refractivity contribution is 14.0. The standard InChI is InChI=1S/C12H25N3O2S2.HI/c1-4-13-12(14-7-8-19(3,16)17)15-10-5-6-11(9-10)18-2;/h10-11H,4-9H2,1-3H3,(H2,13,14,15);1H. The van der Waals surface area contributed by atoms with E-state index in [4.69, 9.17) is 0 Å². The Hall–Kier alpha value is 0.300. The molecule has 1 rings (SSSR count). The second kappa shape index (κ2) is 10.1. The highest BCUT2D eigenvalue weighted by atomic mass is 127. The molecule has 0 saturated heterocycles. The monoisotopic (exact) mass is 435 g/mol. The number of guanidine groups is 1. The summed E-state index contributed by atoms with van der Waals surface area (Å²) in [6.07, 6.45) is 6.93. The van der Waals surface area contributed by atoms with E-state index in [1.165, 1.54) is 12.7 Å². The molecule has 5 nitrogen and oxygen atoms in total. The Balaban J connectivity index is 0.00000361. The van der Waals surface area contributed by atoms with E-state index in [9.17, 15) is 8.42 Å². The Kier molecular flexibility index (Phi) is 10.2. The molecular formula is C12H26IN3O2S2. The van der Waals surface area contributed by atoms with Crippen LogP contribution < -0.4 is 10.6 Å². The molecule has 0 aliphatic heterocycles. The van der Waals surface area contributed by atoms with E-state index in [0.29, 0.717) is 12.6 Å². The van der Waals surface area contributed by atoms with Gasteiger partial charge in [-0.15, -0.1) is 24.0 Å². The zero-order chi connectivity index (χ0) is 14.3. The first-order valence-corrected chi connectivity index (χ1v) is 10.0. The van der Waals surface area contributed by atoms with Crippen LogP contribution in [0.2, 0.25) is 0 Å². The maximum atomic E-state index is 11.1.